The topological polar surface area (TPSA) is 55.0 Å². The van der Waals surface area contributed by atoms with E-state index in [-0.39, 0.29) is 0 Å². The first-order valence-electron chi connectivity index (χ1n) is 8.07. The van der Waals surface area contributed by atoms with E-state index in [4.69, 9.17) is 10.7 Å². The summed E-state index contributed by atoms with van der Waals surface area (Å²) in [5.74, 6) is 2.63. The van der Waals surface area contributed by atoms with Crippen LogP contribution < -0.4 is 10.6 Å². The van der Waals surface area contributed by atoms with Gasteiger partial charge in [-0.05, 0) is 39.0 Å². The second-order valence-electron chi connectivity index (χ2n) is 5.86. The molecule has 2 rings (SSSR count). The number of anilines is 2. The fourth-order valence-electron chi connectivity index (χ4n) is 3.10. The molecule has 1 aromatic heterocycles. The van der Waals surface area contributed by atoms with Crippen LogP contribution >= 0.6 is 0 Å². The number of aryl methyl sites for hydroxylation is 1. The molecule has 4 heteroatoms. The maximum Gasteiger partial charge on any atom is 0.137 e. The summed E-state index contributed by atoms with van der Waals surface area (Å²) >= 11 is 0. The molecule has 1 saturated heterocycles. The van der Waals surface area contributed by atoms with E-state index >= 15 is 0 Å². The molecule has 1 fully saturated rings. The van der Waals surface area contributed by atoms with E-state index in [0.29, 0.717) is 11.9 Å². The summed E-state index contributed by atoms with van der Waals surface area (Å²) in [5.41, 5.74) is 7.15. The van der Waals surface area contributed by atoms with Gasteiger partial charge in [-0.15, -0.1) is 0 Å². The number of aromatic nitrogens is 2. The molecule has 1 aliphatic rings. The van der Waals surface area contributed by atoms with Crippen molar-refractivity contribution in [2.24, 2.45) is 0 Å². The Hall–Kier alpha value is -1.32. The zero-order valence-corrected chi connectivity index (χ0v) is 13.2. The van der Waals surface area contributed by atoms with E-state index < -0.39 is 0 Å². The Bertz CT molecular complexity index is 442. The monoisotopic (exact) mass is 276 g/mol. The van der Waals surface area contributed by atoms with Gasteiger partial charge in [-0.2, -0.15) is 0 Å². The Kier molecular flexibility index (Phi) is 5.21. The zero-order valence-electron chi connectivity index (χ0n) is 13.2. The van der Waals surface area contributed by atoms with Gasteiger partial charge < -0.3 is 10.6 Å². The molecule has 0 saturated carbocycles. The SMILES string of the molecule is CCCc1nc(N)c(C)c(N2CCCCC2CCC)n1. The molecule has 0 amide bonds. The number of piperidine rings is 1. The van der Waals surface area contributed by atoms with Gasteiger partial charge in [-0.3, -0.25) is 0 Å². The first-order valence-corrected chi connectivity index (χ1v) is 8.07. The van der Waals surface area contributed by atoms with Crippen LogP contribution in [0.2, 0.25) is 0 Å². The van der Waals surface area contributed by atoms with E-state index in [1.165, 1.54) is 32.1 Å². The molecular formula is C16H28N4. The third kappa shape index (κ3) is 3.22. The molecule has 2 N–H and O–H groups in total. The van der Waals surface area contributed by atoms with Crippen molar-refractivity contribution in [1.82, 2.24) is 9.97 Å². The highest BCUT2D eigenvalue weighted by Gasteiger charge is 2.25. The number of hydrogen-bond donors (Lipinski definition) is 1. The first kappa shape index (κ1) is 15.1. The first-order chi connectivity index (χ1) is 9.67. The summed E-state index contributed by atoms with van der Waals surface area (Å²) in [5, 5.41) is 0. The summed E-state index contributed by atoms with van der Waals surface area (Å²) in [6, 6.07) is 0.622. The molecule has 1 aromatic rings. The molecule has 0 radical (unpaired) electrons. The maximum absolute atomic E-state index is 6.10. The normalized spacial score (nSPS) is 19.4. The number of hydrogen-bond acceptors (Lipinski definition) is 4. The molecular weight excluding hydrogens is 248 g/mol. The van der Waals surface area contributed by atoms with E-state index in [1.807, 2.05) is 0 Å². The van der Waals surface area contributed by atoms with Crippen LogP contribution in [0.5, 0.6) is 0 Å². The van der Waals surface area contributed by atoms with Crippen molar-refractivity contribution in [3.63, 3.8) is 0 Å². The highest BCUT2D eigenvalue weighted by Crippen LogP contribution is 2.30. The van der Waals surface area contributed by atoms with Gasteiger partial charge >= 0.3 is 0 Å². The Morgan fingerprint density at radius 1 is 1.20 bits per heavy atom. The van der Waals surface area contributed by atoms with Gasteiger partial charge in [0.15, 0.2) is 0 Å². The molecule has 1 aliphatic heterocycles. The summed E-state index contributed by atoms with van der Waals surface area (Å²) < 4.78 is 0. The lowest BCUT2D eigenvalue weighted by Gasteiger charge is -2.37. The fraction of sp³-hybridized carbons (Fsp3) is 0.750. The van der Waals surface area contributed by atoms with Gasteiger partial charge in [-0.25, -0.2) is 9.97 Å². The van der Waals surface area contributed by atoms with Gasteiger partial charge in [0, 0.05) is 24.6 Å². The Morgan fingerprint density at radius 2 is 2.00 bits per heavy atom. The second kappa shape index (κ2) is 6.91. The lowest BCUT2D eigenvalue weighted by Crippen LogP contribution is -2.40. The van der Waals surface area contributed by atoms with Gasteiger partial charge in [0.2, 0.25) is 0 Å². The molecule has 20 heavy (non-hydrogen) atoms. The smallest absolute Gasteiger partial charge is 0.137 e. The highest BCUT2D eigenvalue weighted by atomic mass is 15.2. The Balaban J connectivity index is 2.33. The van der Waals surface area contributed by atoms with Crippen LogP contribution in [-0.4, -0.2) is 22.6 Å². The maximum atomic E-state index is 6.10. The van der Waals surface area contributed by atoms with Gasteiger partial charge in [0.25, 0.3) is 0 Å². The molecule has 0 spiro atoms. The zero-order chi connectivity index (χ0) is 14.5. The molecule has 2 heterocycles. The molecule has 1 unspecified atom stereocenters. The lowest BCUT2D eigenvalue weighted by molar-refractivity contribution is 0.430. The predicted octanol–water partition coefficient (Wildman–Crippen LogP) is 3.48. The summed E-state index contributed by atoms with van der Waals surface area (Å²) in [6.07, 6.45) is 8.30. The van der Waals surface area contributed by atoms with Crippen LogP contribution in [0.1, 0.15) is 63.8 Å². The van der Waals surface area contributed by atoms with Crippen molar-refractivity contribution in [1.29, 1.82) is 0 Å². The minimum absolute atomic E-state index is 0.622. The predicted molar refractivity (Wildman–Crippen MR) is 85.1 cm³/mol. The third-order valence-corrected chi connectivity index (χ3v) is 4.20. The molecule has 0 bridgehead atoms. The Morgan fingerprint density at radius 3 is 2.70 bits per heavy atom. The van der Waals surface area contributed by atoms with Crippen LogP contribution in [0.25, 0.3) is 0 Å². The van der Waals surface area contributed by atoms with E-state index in [0.717, 1.165) is 36.6 Å². The van der Waals surface area contributed by atoms with Crippen LogP contribution in [-0.2, 0) is 6.42 Å². The van der Waals surface area contributed by atoms with E-state index in [2.05, 4.69) is 30.7 Å². The van der Waals surface area contributed by atoms with Crippen molar-refractivity contribution in [3.05, 3.63) is 11.4 Å². The number of rotatable bonds is 5. The van der Waals surface area contributed by atoms with E-state index in [9.17, 15) is 0 Å². The molecule has 0 aromatic carbocycles. The molecule has 1 atom stereocenters. The minimum atomic E-state index is 0.622. The van der Waals surface area contributed by atoms with E-state index in [1.54, 1.807) is 0 Å². The van der Waals surface area contributed by atoms with Gasteiger partial charge in [-0.1, -0.05) is 20.3 Å². The molecule has 4 nitrogen and oxygen atoms in total. The Labute approximate surface area is 122 Å². The highest BCUT2D eigenvalue weighted by molar-refractivity contribution is 5.57. The third-order valence-electron chi connectivity index (χ3n) is 4.20. The van der Waals surface area contributed by atoms with Crippen molar-refractivity contribution >= 4 is 11.6 Å². The van der Waals surface area contributed by atoms with Gasteiger partial charge in [0.05, 0.1) is 0 Å². The largest absolute Gasteiger partial charge is 0.383 e. The van der Waals surface area contributed by atoms with Crippen molar-refractivity contribution in [2.45, 2.75) is 71.8 Å². The number of nitrogens with two attached hydrogens (primary N) is 1. The van der Waals surface area contributed by atoms with Crippen LogP contribution in [0.15, 0.2) is 0 Å². The summed E-state index contributed by atoms with van der Waals surface area (Å²) in [4.78, 5) is 11.7. The second-order valence-corrected chi connectivity index (χ2v) is 5.86. The van der Waals surface area contributed by atoms with Crippen LogP contribution in [0.3, 0.4) is 0 Å². The van der Waals surface area contributed by atoms with Gasteiger partial charge in [0.1, 0.15) is 17.5 Å². The standard InChI is InChI=1S/C16H28N4/c1-4-8-13-10-6-7-11-20(13)16-12(3)15(17)18-14(19-16)9-5-2/h13H,4-11H2,1-3H3,(H2,17,18,19). The summed E-state index contributed by atoms with van der Waals surface area (Å²) in [7, 11) is 0. The quantitative estimate of drug-likeness (QED) is 0.894. The number of nitrogens with zero attached hydrogens (tertiary/aromatic N) is 3. The lowest BCUT2D eigenvalue weighted by atomic mass is 9.98. The average Bonchev–Trinajstić information content (AvgIpc) is 2.44. The van der Waals surface area contributed by atoms with Crippen LogP contribution in [0.4, 0.5) is 11.6 Å². The minimum Gasteiger partial charge on any atom is -0.383 e. The van der Waals surface area contributed by atoms with Crippen molar-refractivity contribution in [2.75, 3.05) is 17.2 Å². The van der Waals surface area contributed by atoms with Crippen molar-refractivity contribution < 1.29 is 0 Å². The van der Waals surface area contributed by atoms with Crippen LogP contribution in [0, 0.1) is 6.92 Å². The molecule has 112 valence electrons. The average molecular weight is 276 g/mol. The molecule has 0 aliphatic carbocycles. The van der Waals surface area contributed by atoms with Crippen molar-refractivity contribution in [3.8, 4) is 0 Å². The number of nitrogen functional groups attached to an aromatic ring is 1. The fourth-order valence-corrected chi connectivity index (χ4v) is 3.10. The summed E-state index contributed by atoms with van der Waals surface area (Å²) in [6.45, 7) is 7.57.